The van der Waals surface area contributed by atoms with Gasteiger partial charge < -0.3 is 20.3 Å². The van der Waals surface area contributed by atoms with Crippen LogP contribution in [0.3, 0.4) is 0 Å². The highest BCUT2D eigenvalue weighted by Crippen LogP contribution is 2.18. The highest BCUT2D eigenvalue weighted by molar-refractivity contribution is 5.76. The first-order chi connectivity index (χ1) is 35.0. The van der Waals surface area contributed by atoms with Gasteiger partial charge in [0.15, 0.2) is 0 Å². The molecule has 3 N–H and O–H groups in total. The van der Waals surface area contributed by atoms with Gasteiger partial charge in [-0.05, 0) is 57.8 Å². The Balaban J connectivity index is 3.46. The third-order valence-electron chi connectivity index (χ3n) is 15.0. The normalized spacial score (nSPS) is 12.7. The molecule has 0 fully saturated rings. The molecule has 0 heterocycles. The first kappa shape index (κ1) is 69.3. The van der Waals surface area contributed by atoms with Gasteiger partial charge >= 0.3 is 5.97 Å². The van der Waals surface area contributed by atoms with Crippen LogP contribution in [-0.4, -0.2) is 47.4 Å². The molecule has 0 radical (unpaired) electrons. The summed E-state index contributed by atoms with van der Waals surface area (Å²) in [5.74, 6) is -0.0645. The van der Waals surface area contributed by atoms with E-state index in [4.69, 9.17) is 4.74 Å². The fourth-order valence-corrected chi connectivity index (χ4v) is 10.0. The van der Waals surface area contributed by atoms with E-state index >= 15 is 0 Å². The van der Waals surface area contributed by atoms with Crippen molar-refractivity contribution in [1.82, 2.24) is 5.32 Å². The minimum Gasteiger partial charge on any atom is -0.466 e. The first-order valence-electron chi connectivity index (χ1n) is 32.1. The monoisotopic (exact) mass is 1000 g/mol. The minimum atomic E-state index is -0.850. The summed E-state index contributed by atoms with van der Waals surface area (Å²) in [6, 6.07) is -0.634. The van der Waals surface area contributed by atoms with E-state index < -0.39 is 12.1 Å². The van der Waals surface area contributed by atoms with Gasteiger partial charge in [0.1, 0.15) is 0 Å². The third-order valence-corrected chi connectivity index (χ3v) is 15.0. The lowest BCUT2D eigenvalue weighted by Gasteiger charge is -2.20. The number of ether oxygens (including phenoxy) is 1. The zero-order valence-electron chi connectivity index (χ0n) is 48.0. The van der Waals surface area contributed by atoms with E-state index in [1.165, 1.54) is 283 Å². The second-order valence-electron chi connectivity index (χ2n) is 22.1. The van der Waals surface area contributed by atoms with Crippen LogP contribution >= 0.6 is 0 Å². The summed E-state index contributed by atoms with van der Waals surface area (Å²) in [5.41, 5.74) is 0. The number of rotatable bonds is 60. The first-order valence-corrected chi connectivity index (χ1v) is 32.1. The van der Waals surface area contributed by atoms with Crippen LogP contribution in [0.1, 0.15) is 354 Å². The molecule has 0 aliphatic heterocycles. The summed E-state index contributed by atoms with van der Waals surface area (Å²) < 4.78 is 5.46. The maximum Gasteiger partial charge on any atom is 0.305 e. The maximum atomic E-state index is 12.5. The molecule has 0 aliphatic rings. The van der Waals surface area contributed by atoms with Gasteiger partial charge in [-0.25, -0.2) is 0 Å². The second kappa shape index (κ2) is 60.9. The Morgan fingerprint density at radius 2 is 0.662 bits per heavy atom. The fourth-order valence-electron chi connectivity index (χ4n) is 10.0. The van der Waals surface area contributed by atoms with Gasteiger partial charge in [-0.3, -0.25) is 9.59 Å². The van der Waals surface area contributed by atoms with Gasteiger partial charge in [0.2, 0.25) is 5.91 Å². The number of esters is 1. The van der Waals surface area contributed by atoms with Crippen molar-refractivity contribution in [1.29, 1.82) is 0 Å². The van der Waals surface area contributed by atoms with Crippen LogP contribution in [-0.2, 0) is 14.3 Å². The maximum absolute atomic E-state index is 12.5. The van der Waals surface area contributed by atoms with Crippen LogP contribution in [0.5, 0.6) is 0 Å². The van der Waals surface area contributed by atoms with Crippen LogP contribution in [0.25, 0.3) is 0 Å². The highest BCUT2D eigenvalue weighted by atomic mass is 16.5. The Hall–Kier alpha value is -1.66. The number of amides is 1. The van der Waals surface area contributed by atoms with Crippen molar-refractivity contribution in [2.75, 3.05) is 13.2 Å². The molecule has 0 bridgehead atoms. The van der Waals surface area contributed by atoms with E-state index in [9.17, 15) is 19.8 Å². The van der Waals surface area contributed by atoms with E-state index in [0.29, 0.717) is 19.4 Å². The van der Waals surface area contributed by atoms with Crippen LogP contribution in [0.4, 0.5) is 0 Å². The Bertz CT molecular complexity index is 1110. The van der Waals surface area contributed by atoms with E-state index in [1.54, 1.807) is 6.08 Å². The smallest absolute Gasteiger partial charge is 0.305 e. The lowest BCUT2D eigenvalue weighted by atomic mass is 10.0. The largest absolute Gasteiger partial charge is 0.466 e. The SMILES string of the molecule is CCCCCCCCCCCCCCCCCCCCCC/C=C/C(O)C(CO)NC(=O)CCCCCCCCC/C=C\CCCCCCCCCCCCOC(=O)CCCCCCCCCCCCC. The summed E-state index contributed by atoms with van der Waals surface area (Å²) in [6.07, 6.45) is 75.1. The number of nitrogens with one attached hydrogen (secondary N) is 1. The molecule has 2 atom stereocenters. The van der Waals surface area contributed by atoms with Gasteiger partial charge in [-0.15, -0.1) is 0 Å². The lowest BCUT2D eigenvalue weighted by molar-refractivity contribution is -0.143. The second-order valence-corrected chi connectivity index (χ2v) is 22.1. The summed E-state index contributed by atoms with van der Waals surface area (Å²) in [7, 11) is 0. The van der Waals surface area contributed by atoms with Crippen molar-refractivity contribution in [3.63, 3.8) is 0 Å². The molecule has 0 saturated carbocycles. The van der Waals surface area contributed by atoms with E-state index in [0.717, 1.165) is 44.9 Å². The van der Waals surface area contributed by atoms with Crippen LogP contribution in [0.2, 0.25) is 0 Å². The predicted octanol–water partition coefficient (Wildman–Crippen LogP) is 20.2. The molecule has 0 aromatic rings. The van der Waals surface area contributed by atoms with E-state index in [1.807, 2.05) is 6.08 Å². The lowest BCUT2D eigenvalue weighted by Crippen LogP contribution is -2.45. The molecule has 0 saturated heterocycles. The van der Waals surface area contributed by atoms with Crippen LogP contribution in [0, 0.1) is 0 Å². The summed E-state index contributed by atoms with van der Waals surface area (Å²) in [6.45, 7) is 4.92. The van der Waals surface area contributed by atoms with Gasteiger partial charge in [0.05, 0.1) is 25.4 Å². The highest BCUT2D eigenvalue weighted by Gasteiger charge is 2.18. The van der Waals surface area contributed by atoms with Crippen molar-refractivity contribution in [3.05, 3.63) is 24.3 Å². The summed E-state index contributed by atoms with van der Waals surface area (Å²) in [5, 5.41) is 23.2. The molecule has 71 heavy (non-hydrogen) atoms. The number of carbonyl (C=O) groups excluding carboxylic acids is 2. The van der Waals surface area contributed by atoms with Crippen molar-refractivity contribution >= 4 is 11.9 Å². The number of aliphatic hydroxyl groups is 2. The molecule has 0 spiro atoms. The fraction of sp³-hybridized carbons (Fsp3) is 0.908. The molecular weight excluding hydrogens is 875 g/mol. The van der Waals surface area contributed by atoms with Crippen LogP contribution < -0.4 is 5.32 Å². The molecule has 2 unspecified atom stereocenters. The number of hydrogen-bond acceptors (Lipinski definition) is 5. The van der Waals surface area contributed by atoms with Gasteiger partial charge in [-0.1, -0.05) is 308 Å². The zero-order valence-corrected chi connectivity index (χ0v) is 48.0. The summed E-state index contributed by atoms with van der Waals surface area (Å²) >= 11 is 0. The molecule has 0 aromatic heterocycles. The van der Waals surface area contributed by atoms with Crippen molar-refractivity contribution < 1.29 is 24.5 Å². The Kier molecular flexibility index (Phi) is 59.5. The van der Waals surface area contributed by atoms with Crippen molar-refractivity contribution in [2.45, 2.75) is 366 Å². The average molecular weight is 1000 g/mol. The minimum absolute atomic E-state index is 0.00777. The molecule has 0 aliphatic carbocycles. The number of aliphatic hydroxyl groups excluding tert-OH is 2. The van der Waals surface area contributed by atoms with Gasteiger partial charge in [0, 0.05) is 12.8 Å². The molecule has 6 heteroatoms. The van der Waals surface area contributed by atoms with E-state index in [-0.39, 0.29) is 18.5 Å². The Labute approximate surface area is 443 Å². The zero-order chi connectivity index (χ0) is 51.4. The average Bonchev–Trinajstić information content (AvgIpc) is 3.37. The van der Waals surface area contributed by atoms with Gasteiger partial charge in [0.25, 0.3) is 0 Å². The number of allylic oxidation sites excluding steroid dienone is 3. The van der Waals surface area contributed by atoms with Crippen molar-refractivity contribution in [2.24, 2.45) is 0 Å². The third kappa shape index (κ3) is 57.5. The van der Waals surface area contributed by atoms with E-state index in [2.05, 4.69) is 31.3 Å². The predicted molar refractivity (Wildman–Crippen MR) is 310 cm³/mol. The van der Waals surface area contributed by atoms with Crippen molar-refractivity contribution in [3.8, 4) is 0 Å². The molecule has 420 valence electrons. The topological polar surface area (TPSA) is 95.9 Å². The number of unbranched alkanes of at least 4 members (excludes halogenated alkanes) is 47. The molecule has 0 rings (SSSR count). The Morgan fingerprint density at radius 1 is 0.380 bits per heavy atom. The molecule has 6 nitrogen and oxygen atoms in total. The van der Waals surface area contributed by atoms with Crippen LogP contribution in [0.15, 0.2) is 24.3 Å². The number of hydrogen-bond donors (Lipinski definition) is 3. The Morgan fingerprint density at radius 3 is 1.00 bits per heavy atom. The molecular formula is C65H125NO5. The number of carbonyl (C=O) groups is 2. The molecule has 0 aromatic carbocycles. The quantitative estimate of drug-likeness (QED) is 0.0320. The van der Waals surface area contributed by atoms with Gasteiger partial charge in [-0.2, -0.15) is 0 Å². The standard InChI is InChI=1S/C65H125NO5/c1-3-5-7-9-11-13-15-16-17-18-19-20-22-25-28-31-34-38-41-45-49-53-57-63(68)62(61-67)66-64(69)58-54-50-46-42-39-35-32-29-26-23-21-24-27-30-33-36-40-44-48-52-56-60-71-65(70)59-55-51-47-43-37-14-12-10-8-6-4-2/h23,26,53,57,62-63,67-68H,3-22,24-25,27-52,54-56,58-61H2,1-2H3,(H,66,69)/b26-23-,57-53+. The molecule has 1 amide bonds. The summed E-state index contributed by atoms with van der Waals surface area (Å²) in [4.78, 5) is 24.5.